The molecule has 0 aromatic heterocycles. The summed E-state index contributed by atoms with van der Waals surface area (Å²) in [6.45, 7) is 13.6. The number of unbranched alkanes of at least 4 members (excludes halogenated alkanes) is 1. The van der Waals surface area contributed by atoms with Crippen LogP contribution >= 0.6 is 0 Å². The van der Waals surface area contributed by atoms with Crippen molar-refractivity contribution in [1.82, 2.24) is 14.7 Å². The molecule has 3 aliphatic heterocycles. The third-order valence-corrected chi connectivity index (χ3v) is 8.08. The molecule has 0 radical (unpaired) electrons. The fraction of sp³-hybridized carbons (Fsp3) is 0.571. The number of anilines is 2. The minimum Gasteiger partial charge on any atom is -0.337 e. The molecule has 5 rings (SSSR count). The van der Waals surface area contributed by atoms with Crippen LogP contribution in [0.15, 0.2) is 42.5 Å². The monoisotopic (exact) mass is 468 g/mol. The summed E-state index contributed by atoms with van der Waals surface area (Å²) >= 11 is 0. The van der Waals surface area contributed by atoms with Gasteiger partial charge in [0, 0.05) is 68.6 Å². The lowest BCUT2D eigenvalue weighted by atomic mass is 9.89. The van der Waals surface area contributed by atoms with Crippen molar-refractivity contribution in [2.75, 3.05) is 57.3 Å². The van der Waals surface area contributed by atoms with Gasteiger partial charge >= 0.3 is 0 Å². The van der Waals surface area contributed by atoms with E-state index in [9.17, 15) is 8.78 Å². The highest BCUT2D eigenvalue weighted by molar-refractivity contribution is 5.73. The van der Waals surface area contributed by atoms with Gasteiger partial charge in [-0.1, -0.05) is 0 Å². The van der Waals surface area contributed by atoms with Gasteiger partial charge in [0.15, 0.2) is 0 Å². The van der Waals surface area contributed by atoms with Gasteiger partial charge in [0.1, 0.15) is 11.6 Å². The lowest BCUT2D eigenvalue weighted by Crippen LogP contribution is -2.49. The molecule has 3 aliphatic rings. The number of piperidine rings is 1. The maximum atomic E-state index is 14.2. The summed E-state index contributed by atoms with van der Waals surface area (Å²) in [5, 5.41) is 0. The van der Waals surface area contributed by atoms with Crippen molar-refractivity contribution in [3.8, 4) is 0 Å². The summed E-state index contributed by atoms with van der Waals surface area (Å²) in [6, 6.07) is 12.8. The summed E-state index contributed by atoms with van der Waals surface area (Å²) in [6.07, 6.45) is 3.48. The molecule has 0 spiro atoms. The number of rotatable bonds is 7. The predicted octanol–water partition coefficient (Wildman–Crippen LogP) is 5.08. The minimum atomic E-state index is -0.226. The number of likely N-dealkylation sites (tertiary alicyclic amines) is 1. The van der Waals surface area contributed by atoms with E-state index in [1.54, 1.807) is 12.1 Å². The van der Waals surface area contributed by atoms with Crippen molar-refractivity contribution in [3.63, 3.8) is 0 Å². The van der Waals surface area contributed by atoms with Crippen LogP contribution in [-0.2, 0) is 0 Å². The number of hydrogen-bond acceptors (Lipinski definition) is 4. The average Bonchev–Trinajstić information content (AvgIpc) is 3.15. The maximum absolute atomic E-state index is 14.2. The van der Waals surface area contributed by atoms with Crippen LogP contribution < -0.4 is 4.90 Å². The molecule has 0 bridgehead atoms. The first-order valence-electron chi connectivity index (χ1n) is 13.0. The van der Waals surface area contributed by atoms with Crippen LogP contribution in [0, 0.1) is 11.6 Å². The van der Waals surface area contributed by atoms with E-state index in [0.717, 1.165) is 43.0 Å². The Morgan fingerprint density at radius 3 is 2.21 bits per heavy atom. The molecule has 0 amide bonds. The molecule has 2 saturated heterocycles. The van der Waals surface area contributed by atoms with Gasteiger partial charge in [-0.05, 0) is 94.2 Å². The Morgan fingerprint density at radius 2 is 1.50 bits per heavy atom. The number of nitrogens with zero attached hydrogens (tertiary/aromatic N) is 4. The fourth-order valence-corrected chi connectivity index (χ4v) is 6.15. The molecule has 3 heterocycles. The molecule has 0 aliphatic carbocycles. The zero-order valence-electron chi connectivity index (χ0n) is 20.6. The van der Waals surface area contributed by atoms with Crippen molar-refractivity contribution < 1.29 is 8.78 Å². The number of hydrogen-bond donors (Lipinski definition) is 0. The van der Waals surface area contributed by atoms with Crippen LogP contribution in [0.2, 0.25) is 0 Å². The molecule has 4 nitrogen and oxygen atoms in total. The lowest BCUT2D eigenvalue weighted by Gasteiger charge is -2.39. The zero-order valence-corrected chi connectivity index (χ0v) is 20.6. The van der Waals surface area contributed by atoms with Crippen LogP contribution in [0.25, 0.3) is 0 Å². The SMILES string of the molecule is CC(C)N1CCN(CCCCN2CC[C@@H]3[C@@H](C2)c2cc(F)ccc2N3c2ccc(F)cc2)CC1. The number of benzene rings is 2. The second-order valence-electron chi connectivity index (χ2n) is 10.5. The molecule has 2 aromatic carbocycles. The van der Waals surface area contributed by atoms with Gasteiger partial charge in [0.25, 0.3) is 0 Å². The number of fused-ring (bicyclic) bond motifs is 3. The van der Waals surface area contributed by atoms with E-state index in [0.29, 0.717) is 12.1 Å². The molecule has 6 heteroatoms. The summed E-state index contributed by atoms with van der Waals surface area (Å²) < 4.78 is 27.7. The molecule has 184 valence electrons. The summed E-state index contributed by atoms with van der Waals surface area (Å²) in [4.78, 5) is 10.1. The van der Waals surface area contributed by atoms with Gasteiger partial charge in [-0.2, -0.15) is 0 Å². The zero-order chi connectivity index (χ0) is 23.7. The fourth-order valence-electron chi connectivity index (χ4n) is 6.15. The first kappa shape index (κ1) is 23.7. The minimum absolute atomic E-state index is 0.173. The van der Waals surface area contributed by atoms with Crippen molar-refractivity contribution >= 4 is 11.4 Å². The molecule has 2 fully saturated rings. The van der Waals surface area contributed by atoms with Crippen LogP contribution in [0.1, 0.15) is 44.6 Å². The second kappa shape index (κ2) is 10.3. The van der Waals surface area contributed by atoms with E-state index in [-0.39, 0.29) is 17.6 Å². The van der Waals surface area contributed by atoms with Crippen molar-refractivity contribution in [1.29, 1.82) is 0 Å². The average molecular weight is 469 g/mol. The van der Waals surface area contributed by atoms with Gasteiger partial charge < -0.3 is 14.7 Å². The van der Waals surface area contributed by atoms with E-state index in [2.05, 4.69) is 33.4 Å². The Kier molecular flexibility index (Phi) is 7.19. The Hall–Kier alpha value is -2.02. The van der Waals surface area contributed by atoms with Gasteiger partial charge in [-0.15, -0.1) is 0 Å². The quantitative estimate of drug-likeness (QED) is 0.526. The molecule has 0 saturated carbocycles. The Labute approximate surface area is 203 Å². The van der Waals surface area contributed by atoms with Gasteiger partial charge in [0.2, 0.25) is 0 Å². The highest BCUT2D eigenvalue weighted by Gasteiger charge is 2.42. The molecule has 2 aromatic rings. The van der Waals surface area contributed by atoms with Crippen molar-refractivity contribution in [3.05, 3.63) is 59.7 Å². The Balaban J connectivity index is 1.17. The number of piperazine rings is 1. The largest absolute Gasteiger partial charge is 0.337 e. The first-order chi connectivity index (χ1) is 16.5. The molecular formula is C28H38F2N4. The third-order valence-electron chi connectivity index (χ3n) is 8.08. The van der Waals surface area contributed by atoms with Crippen LogP contribution in [0.3, 0.4) is 0 Å². The molecule has 2 atom stereocenters. The molecule has 34 heavy (non-hydrogen) atoms. The normalized spacial score (nSPS) is 24.0. The van der Waals surface area contributed by atoms with Gasteiger partial charge in [0.05, 0.1) is 0 Å². The summed E-state index contributed by atoms with van der Waals surface area (Å²) in [7, 11) is 0. The summed E-state index contributed by atoms with van der Waals surface area (Å²) in [5.74, 6) is -0.114. The van der Waals surface area contributed by atoms with E-state index in [1.165, 1.54) is 57.7 Å². The van der Waals surface area contributed by atoms with Gasteiger partial charge in [-0.3, -0.25) is 4.90 Å². The van der Waals surface area contributed by atoms with E-state index in [1.807, 2.05) is 18.2 Å². The van der Waals surface area contributed by atoms with Crippen LogP contribution in [-0.4, -0.2) is 79.1 Å². The standard InChI is InChI=1S/C28H38F2N4/c1-21(2)33-17-15-31(16-18-33)12-3-4-13-32-14-11-28-26(20-32)25-19-23(30)7-10-27(25)34(28)24-8-5-22(29)6-9-24/h5-10,19,21,26,28H,3-4,11-18,20H2,1-2H3/t26-,28+/m0/s1. The molecule has 0 unspecified atom stereocenters. The van der Waals surface area contributed by atoms with E-state index >= 15 is 0 Å². The molecular weight excluding hydrogens is 430 g/mol. The Morgan fingerprint density at radius 1 is 0.824 bits per heavy atom. The Bertz CT molecular complexity index is 955. The van der Waals surface area contributed by atoms with E-state index in [4.69, 9.17) is 0 Å². The van der Waals surface area contributed by atoms with Crippen LogP contribution in [0.5, 0.6) is 0 Å². The topological polar surface area (TPSA) is 13.0 Å². The van der Waals surface area contributed by atoms with Crippen LogP contribution in [0.4, 0.5) is 20.2 Å². The lowest BCUT2D eigenvalue weighted by molar-refractivity contribution is 0.106. The molecule has 0 N–H and O–H groups in total. The predicted molar refractivity (Wildman–Crippen MR) is 135 cm³/mol. The summed E-state index contributed by atoms with van der Waals surface area (Å²) in [5.41, 5.74) is 3.17. The van der Waals surface area contributed by atoms with Gasteiger partial charge in [-0.25, -0.2) is 8.78 Å². The number of halogens is 2. The highest BCUT2D eigenvalue weighted by atomic mass is 19.1. The second-order valence-corrected chi connectivity index (χ2v) is 10.5. The smallest absolute Gasteiger partial charge is 0.123 e. The first-order valence-corrected chi connectivity index (χ1v) is 13.0. The van der Waals surface area contributed by atoms with E-state index < -0.39 is 0 Å². The van der Waals surface area contributed by atoms with Crippen molar-refractivity contribution in [2.45, 2.75) is 51.1 Å². The third kappa shape index (κ3) is 5.00. The highest BCUT2D eigenvalue weighted by Crippen LogP contribution is 2.48. The van der Waals surface area contributed by atoms with Crippen molar-refractivity contribution in [2.24, 2.45) is 0 Å². The maximum Gasteiger partial charge on any atom is 0.123 e.